The summed E-state index contributed by atoms with van der Waals surface area (Å²) in [5.41, 5.74) is 1.06. The molecule has 1 spiro atoms. The van der Waals surface area contributed by atoms with Crippen LogP contribution in [0.1, 0.15) is 167 Å². The molecule has 0 saturated carbocycles. The number of esters is 6. The van der Waals surface area contributed by atoms with Crippen LogP contribution in [0.5, 0.6) is 0 Å². The predicted octanol–water partition coefficient (Wildman–Crippen LogP) is 8.94. The molecular weight excluding hydrogens is 865 g/mol. The molecule has 0 aliphatic carbocycles. The van der Waals surface area contributed by atoms with E-state index in [1.54, 1.807) is 26.8 Å². The number of rotatable bonds is 26. The lowest BCUT2D eigenvalue weighted by molar-refractivity contribution is -0.347. The van der Waals surface area contributed by atoms with Crippen LogP contribution in [0.4, 0.5) is 0 Å². The maximum Gasteiger partial charge on any atom is 0.333 e. The monoisotopic (exact) mass is 951 g/mol. The van der Waals surface area contributed by atoms with Crippen LogP contribution in [0, 0.1) is 41.4 Å². The number of allylic oxidation sites excluding steroid dienone is 1. The number of methoxy groups -OCH3 is 2. The topological polar surface area (TPSA) is 196 Å². The molecule has 13 unspecified atom stereocenters. The van der Waals surface area contributed by atoms with Gasteiger partial charge in [0.15, 0.2) is 5.79 Å². The van der Waals surface area contributed by atoms with Gasteiger partial charge in [-0.3, -0.25) is 24.0 Å². The van der Waals surface area contributed by atoms with Gasteiger partial charge in [0.2, 0.25) is 0 Å². The molecule has 0 aromatic rings. The third-order valence-electron chi connectivity index (χ3n) is 12.7. The van der Waals surface area contributed by atoms with Crippen LogP contribution in [0.3, 0.4) is 0 Å². The highest BCUT2D eigenvalue weighted by molar-refractivity contribution is 5.87. The third-order valence-corrected chi connectivity index (χ3v) is 12.7. The van der Waals surface area contributed by atoms with Gasteiger partial charge < -0.3 is 43.0 Å². The van der Waals surface area contributed by atoms with Crippen molar-refractivity contribution in [2.24, 2.45) is 41.4 Å². The second-order valence-electron chi connectivity index (χ2n) is 20.5. The summed E-state index contributed by atoms with van der Waals surface area (Å²) in [6.07, 6.45) is 1.79. The molecule has 1 N–H and O–H groups in total. The van der Waals surface area contributed by atoms with Gasteiger partial charge in [-0.15, -0.1) is 0 Å². The normalized spacial score (nSPS) is 24.9. The highest BCUT2D eigenvalue weighted by Gasteiger charge is 2.51. The number of aliphatic hydroxyl groups excluding tert-OH is 1. The largest absolute Gasteiger partial charge is 0.469 e. The Hall–Kier alpha value is -3.82. The fourth-order valence-electron chi connectivity index (χ4n) is 9.32. The van der Waals surface area contributed by atoms with E-state index in [-0.39, 0.29) is 73.2 Å². The number of aliphatic hydroxyl groups is 1. The molecule has 2 aliphatic heterocycles. The average Bonchev–Trinajstić information content (AvgIpc) is 3.23. The molecule has 2 heterocycles. The molecule has 0 amide bonds. The van der Waals surface area contributed by atoms with Gasteiger partial charge in [0, 0.05) is 63.4 Å². The summed E-state index contributed by atoms with van der Waals surface area (Å²) in [5.74, 6) is -5.11. The Labute approximate surface area is 401 Å². The van der Waals surface area contributed by atoms with E-state index >= 15 is 0 Å². The van der Waals surface area contributed by atoms with Gasteiger partial charge >= 0.3 is 35.8 Å². The van der Waals surface area contributed by atoms with Gasteiger partial charge in [0.25, 0.3) is 0 Å². The minimum atomic E-state index is -1.14. The van der Waals surface area contributed by atoms with Gasteiger partial charge in [0.1, 0.15) is 30.5 Å². The molecule has 2 fully saturated rings. The summed E-state index contributed by atoms with van der Waals surface area (Å²) in [4.78, 5) is 77.2. The molecule has 67 heavy (non-hydrogen) atoms. The van der Waals surface area contributed by atoms with Crippen molar-refractivity contribution in [3.05, 3.63) is 23.3 Å². The first-order valence-corrected chi connectivity index (χ1v) is 24.6. The Morgan fingerprint density at radius 2 is 1.25 bits per heavy atom. The predicted molar refractivity (Wildman–Crippen MR) is 252 cm³/mol. The van der Waals surface area contributed by atoms with E-state index in [2.05, 4.69) is 13.8 Å². The molecule has 0 bridgehead atoms. The standard InChI is InChI=1S/C52H86O15/c1-16-44(54)63-40(21-20-36(10)51(59)61-15)38(12)50(62-39(13)53)42(64-46(56)22-30(2)3)27-37(11)49(65-47(57)23-31(4)5)43-25-34(8)29-52(67-43)28-33(7)24-41(66-52)48(58)35(9)19-17-18-32(6)26-45(55)60-14/h19-20,30-34,37-38,40-43,48-50,58H,16-18,21-29H2,1-15H3. The lowest BCUT2D eigenvalue weighted by Gasteiger charge is -2.52. The van der Waals surface area contributed by atoms with E-state index in [0.717, 1.165) is 12.0 Å². The van der Waals surface area contributed by atoms with E-state index in [1.165, 1.54) is 21.1 Å². The molecular formula is C52H86O15. The van der Waals surface area contributed by atoms with Crippen molar-refractivity contribution in [3.63, 3.8) is 0 Å². The zero-order chi connectivity index (χ0) is 50.8. The smallest absolute Gasteiger partial charge is 0.333 e. The highest BCUT2D eigenvalue weighted by Crippen LogP contribution is 2.46. The molecule has 2 rings (SSSR count). The SMILES string of the molecule is CCC(=O)OC(CC=C(C)C(=O)OC)C(C)C(OC(C)=O)C(CC(C)C(OC(=O)CC(C)C)C1CC(C)CC2(CC(C)CC(C(O)C(C)=CCCC(C)CC(=O)OC)O2)O1)OC(=O)CC(C)C. The fraction of sp³-hybridized carbons (Fsp3) is 0.808. The Morgan fingerprint density at radius 1 is 0.701 bits per heavy atom. The number of hydrogen-bond acceptors (Lipinski definition) is 15. The third kappa shape index (κ3) is 20.4. The summed E-state index contributed by atoms with van der Waals surface area (Å²) in [5, 5.41) is 11.7. The molecule has 0 aromatic carbocycles. The van der Waals surface area contributed by atoms with Crippen molar-refractivity contribution < 1.29 is 71.8 Å². The van der Waals surface area contributed by atoms with Gasteiger partial charge in [0.05, 0.1) is 26.4 Å². The first-order valence-electron chi connectivity index (χ1n) is 24.6. The summed E-state index contributed by atoms with van der Waals surface area (Å²) in [6.45, 7) is 23.8. The first kappa shape index (κ1) is 59.3. The van der Waals surface area contributed by atoms with Crippen LogP contribution in [0.2, 0.25) is 0 Å². The number of hydrogen-bond donors (Lipinski definition) is 1. The van der Waals surface area contributed by atoms with Crippen LogP contribution in [0.25, 0.3) is 0 Å². The van der Waals surface area contributed by atoms with Crippen molar-refractivity contribution in [1.29, 1.82) is 0 Å². The van der Waals surface area contributed by atoms with Crippen molar-refractivity contribution in [2.75, 3.05) is 14.2 Å². The second-order valence-corrected chi connectivity index (χ2v) is 20.5. The molecule has 15 nitrogen and oxygen atoms in total. The quantitative estimate of drug-likeness (QED) is 0.0373. The number of carbonyl (C=O) groups is 6. The number of carbonyl (C=O) groups excluding carboxylic acids is 6. The van der Waals surface area contributed by atoms with E-state index in [4.69, 9.17) is 37.9 Å². The molecule has 15 heteroatoms. The summed E-state index contributed by atoms with van der Waals surface area (Å²) >= 11 is 0. The first-order chi connectivity index (χ1) is 31.3. The summed E-state index contributed by atoms with van der Waals surface area (Å²) < 4.78 is 48.2. The zero-order valence-corrected chi connectivity index (χ0v) is 43.4. The van der Waals surface area contributed by atoms with Crippen molar-refractivity contribution in [3.8, 4) is 0 Å². The maximum atomic E-state index is 13.7. The fourth-order valence-corrected chi connectivity index (χ4v) is 9.32. The Morgan fingerprint density at radius 3 is 1.79 bits per heavy atom. The average molecular weight is 951 g/mol. The van der Waals surface area contributed by atoms with Crippen molar-refractivity contribution in [1.82, 2.24) is 0 Å². The van der Waals surface area contributed by atoms with Gasteiger partial charge in [-0.25, -0.2) is 4.79 Å². The molecule has 0 aromatic heterocycles. The van der Waals surface area contributed by atoms with Crippen molar-refractivity contribution >= 4 is 35.8 Å². The van der Waals surface area contributed by atoms with E-state index in [1.807, 2.05) is 54.5 Å². The van der Waals surface area contributed by atoms with Gasteiger partial charge in [-0.1, -0.05) is 81.4 Å². The molecule has 384 valence electrons. The lowest BCUT2D eigenvalue weighted by atomic mass is 9.79. The maximum absolute atomic E-state index is 13.7. The van der Waals surface area contributed by atoms with Gasteiger partial charge in [-0.05, 0) is 87.0 Å². The Balaban J connectivity index is 2.62. The Bertz CT molecular complexity index is 1670. The van der Waals surface area contributed by atoms with E-state index in [0.29, 0.717) is 38.5 Å². The Kier molecular flexibility index (Phi) is 25.3. The summed E-state index contributed by atoms with van der Waals surface area (Å²) in [6, 6.07) is 0. The van der Waals surface area contributed by atoms with Crippen LogP contribution >= 0.6 is 0 Å². The summed E-state index contributed by atoms with van der Waals surface area (Å²) in [7, 11) is 2.65. The molecule has 13 atom stereocenters. The van der Waals surface area contributed by atoms with E-state index in [9.17, 15) is 33.9 Å². The minimum absolute atomic E-state index is 0.00306. The van der Waals surface area contributed by atoms with Crippen molar-refractivity contribution in [2.45, 2.75) is 216 Å². The minimum Gasteiger partial charge on any atom is -0.469 e. The van der Waals surface area contributed by atoms with Crippen LogP contribution in [0.15, 0.2) is 23.3 Å². The van der Waals surface area contributed by atoms with Crippen LogP contribution in [-0.2, 0) is 66.7 Å². The van der Waals surface area contributed by atoms with E-state index < -0.39 is 90.2 Å². The molecule has 0 radical (unpaired) electrons. The van der Waals surface area contributed by atoms with Gasteiger partial charge in [-0.2, -0.15) is 0 Å². The highest BCUT2D eigenvalue weighted by atomic mass is 16.7. The number of ether oxygens (including phenoxy) is 8. The zero-order valence-electron chi connectivity index (χ0n) is 43.4. The lowest BCUT2D eigenvalue weighted by Crippen LogP contribution is -2.57. The second kappa shape index (κ2) is 28.6. The molecule has 2 saturated heterocycles. The van der Waals surface area contributed by atoms with Crippen LogP contribution < -0.4 is 0 Å². The van der Waals surface area contributed by atoms with Crippen LogP contribution in [-0.4, -0.2) is 104 Å². The molecule has 2 aliphatic rings.